The molecule has 1 aromatic rings. The van der Waals surface area contributed by atoms with Crippen LogP contribution in [0.15, 0.2) is 24.3 Å². The summed E-state index contributed by atoms with van der Waals surface area (Å²) in [6, 6.07) is 7.10. The Bertz CT molecular complexity index is 528. The smallest absolute Gasteiger partial charge is 0.335 e. The van der Waals surface area contributed by atoms with Crippen molar-refractivity contribution < 1.29 is 14.7 Å². The highest BCUT2D eigenvalue weighted by atomic mass is 16.4. The van der Waals surface area contributed by atoms with Crippen molar-refractivity contribution in [1.29, 1.82) is 0 Å². The number of hydrogen-bond donors (Lipinski definition) is 1. The van der Waals surface area contributed by atoms with Crippen molar-refractivity contribution in [2.24, 2.45) is 0 Å². The van der Waals surface area contributed by atoms with Crippen molar-refractivity contribution in [3.05, 3.63) is 35.4 Å². The molecule has 5 heteroatoms. The molecule has 1 amide bonds. The zero-order valence-electron chi connectivity index (χ0n) is 12.6. The van der Waals surface area contributed by atoms with E-state index in [0.29, 0.717) is 11.6 Å². The Hall–Kier alpha value is -1.88. The highest BCUT2D eigenvalue weighted by Crippen LogP contribution is 2.16. The van der Waals surface area contributed by atoms with E-state index in [-0.39, 0.29) is 17.9 Å². The molecule has 0 radical (unpaired) electrons. The summed E-state index contributed by atoms with van der Waals surface area (Å²) in [4.78, 5) is 27.6. The Kier molecular flexibility index (Phi) is 4.96. The Morgan fingerprint density at radius 1 is 1.33 bits per heavy atom. The molecule has 1 atom stereocenters. The SMILES string of the molecule is CN(C)C1CCCN(C(=O)Cc2ccccc2C(=O)O)C1. The first-order valence-corrected chi connectivity index (χ1v) is 7.24. The van der Waals surface area contributed by atoms with Gasteiger partial charge in [-0.25, -0.2) is 4.79 Å². The van der Waals surface area contributed by atoms with E-state index in [4.69, 9.17) is 0 Å². The Morgan fingerprint density at radius 2 is 2.05 bits per heavy atom. The minimum Gasteiger partial charge on any atom is -0.478 e. The number of piperidine rings is 1. The number of rotatable bonds is 4. The lowest BCUT2D eigenvalue weighted by Gasteiger charge is -2.36. The van der Waals surface area contributed by atoms with E-state index in [1.807, 2.05) is 19.0 Å². The van der Waals surface area contributed by atoms with Crippen LogP contribution in [0.3, 0.4) is 0 Å². The molecule has 0 aromatic heterocycles. The predicted molar refractivity (Wildman–Crippen MR) is 80.4 cm³/mol. The lowest BCUT2D eigenvalue weighted by molar-refractivity contribution is -0.132. The van der Waals surface area contributed by atoms with Crippen LogP contribution in [0.4, 0.5) is 0 Å². The molecular formula is C16H22N2O3. The fourth-order valence-corrected chi connectivity index (χ4v) is 2.76. The van der Waals surface area contributed by atoms with Crippen LogP contribution in [0.2, 0.25) is 0 Å². The van der Waals surface area contributed by atoms with Crippen LogP contribution in [0.25, 0.3) is 0 Å². The van der Waals surface area contributed by atoms with Gasteiger partial charge < -0.3 is 14.9 Å². The van der Waals surface area contributed by atoms with Crippen LogP contribution in [0.1, 0.15) is 28.8 Å². The maximum atomic E-state index is 12.4. The van der Waals surface area contributed by atoms with Gasteiger partial charge in [0.2, 0.25) is 5.91 Å². The molecule has 1 N–H and O–H groups in total. The molecule has 0 bridgehead atoms. The molecule has 1 aliphatic rings. The monoisotopic (exact) mass is 290 g/mol. The Morgan fingerprint density at radius 3 is 2.71 bits per heavy atom. The van der Waals surface area contributed by atoms with Crippen molar-refractivity contribution >= 4 is 11.9 Å². The summed E-state index contributed by atoms with van der Waals surface area (Å²) < 4.78 is 0. The number of aromatic carboxylic acids is 1. The lowest BCUT2D eigenvalue weighted by Crippen LogP contribution is -2.48. The maximum absolute atomic E-state index is 12.4. The lowest BCUT2D eigenvalue weighted by atomic mass is 10.0. The zero-order valence-corrected chi connectivity index (χ0v) is 12.6. The summed E-state index contributed by atoms with van der Waals surface area (Å²) in [6.07, 6.45) is 2.25. The number of amides is 1. The number of carboxylic acids is 1. The van der Waals surface area contributed by atoms with Gasteiger partial charge in [-0.1, -0.05) is 18.2 Å². The van der Waals surface area contributed by atoms with Gasteiger partial charge in [-0.3, -0.25) is 4.79 Å². The molecule has 1 aromatic carbocycles. The molecule has 0 aliphatic carbocycles. The van der Waals surface area contributed by atoms with Crippen LogP contribution in [-0.4, -0.2) is 60.0 Å². The average Bonchev–Trinajstić information content (AvgIpc) is 2.47. The van der Waals surface area contributed by atoms with Gasteiger partial charge in [-0.05, 0) is 38.6 Å². The van der Waals surface area contributed by atoms with E-state index in [9.17, 15) is 14.7 Å². The largest absolute Gasteiger partial charge is 0.478 e. The van der Waals surface area contributed by atoms with Crippen molar-refractivity contribution in [2.45, 2.75) is 25.3 Å². The fourth-order valence-electron chi connectivity index (χ4n) is 2.76. The fraction of sp³-hybridized carbons (Fsp3) is 0.500. The third-order valence-electron chi connectivity index (χ3n) is 4.07. The first kappa shape index (κ1) is 15.5. The van der Waals surface area contributed by atoms with E-state index < -0.39 is 5.97 Å². The number of nitrogens with zero attached hydrogens (tertiary/aromatic N) is 2. The van der Waals surface area contributed by atoms with Crippen LogP contribution in [-0.2, 0) is 11.2 Å². The number of likely N-dealkylation sites (tertiary alicyclic amines) is 1. The van der Waals surface area contributed by atoms with Gasteiger partial charge in [-0.15, -0.1) is 0 Å². The highest BCUT2D eigenvalue weighted by Gasteiger charge is 2.25. The maximum Gasteiger partial charge on any atom is 0.335 e. The minimum absolute atomic E-state index is 0.00949. The number of likely N-dealkylation sites (N-methyl/N-ethyl adjacent to an activating group) is 1. The van der Waals surface area contributed by atoms with Gasteiger partial charge >= 0.3 is 5.97 Å². The number of benzene rings is 1. The van der Waals surface area contributed by atoms with Crippen LogP contribution in [0.5, 0.6) is 0 Å². The van der Waals surface area contributed by atoms with E-state index >= 15 is 0 Å². The van der Waals surface area contributed by atoms with Gasteiger partial charge in [0.15, 0.2) is 0 Å². The molecule has 1 saturated heterocycles. The van der Waals surface area contributed by atoms with E-state index in [0.717, 1.165) is 25.9 Å². The number of hydrogen-bond acceptors (Lipinski definition) is 3. The number of carbonyl (C=O) groups is 2. The van der Waals surface area contributed by atoms with E-state index in [1.165, 1.54) is 0 Å². The van der Waals surface area contributed by atoms with Gasteiger partial charge in [0.05, 0.1) is 12.0 Å². The van der Waals surface area contributed by atoms with Crippen molar-refractivity contribution in [2.75, 3.05) is 27.2 Å². The van der Waals surface area contributed by atoms with Crippen LogP contribution in [0, 0.1) is 0 Å². The van der Waals surface area contributed by atoms with Crippen LogP contribution < -0.4 is 0 Å². The van der Waals surface area contributed by atoms with Gasteiger partial charge in [0.1, 0.15) is 0 Å². The second-order valence-electron chi connectivity index (χ2n) is 5.74. The zero-order chi connectivity index (χ0) is 15.4. The summed E-state index contributed by atoms with van der Waals surface area (Å²) in [7, 11) is 4.05. The summed E-state index contributed by atoms with van der Waals surface area (Å²) in [5.74, 6) is -0.974. The first-order valence-electron chi connectivity index (χ1n) is 7.24. The third-order valence-corrected chi connectivity index (χ3v) is 4.07. The summed E-state index contributed by atoms with van der Waals surface area (Å²) in [6.45, 7) is 1.49. The molecular weight excluding hydrogens is 268 g/mol. The van der Waals surface area contributed by atoms with E-state index in [2.05, 4.69) is 4.90 Å². The molecule has 5 nitrogen and oxygen atoms in total. The van der Waals surface area contributed by atoms with Crippen molar-refractivity contribution in [3.8, 4) is 0 Å². The molecule has 0 spiro atoms. The van der Waals surface area contributed by atoms with Crippen molar-refractivity contribution in [3.63, 3.8) is 0 Å². The quantitative estimate of drug-likeness (QED) is 0.912. The van der Waals surface area contributed by atoms with Gasteiger partial charge in [0.25, 0.3) is 0 Å². The molecule has 2 rings (SSSR count). The predicted octanol–water partition coefficient (Wildman–Crippen LogP) is 1.48. The molecule has 21 heavy (non-hydrogen) atoms. The summed E-state index contributed by atoms with van der Waals surface area (Å²) in [5, 5.41) is 9.17. The van der Waals surface area contributed by atoms with Crippen LogP contribution >= 0.6 is 0 Å². The first-order chi connectivity index (χ1) is 9.99. The molecule has 1 aliphatic heterocycles. The second kappa shape index (κ2) is 6.72. The minimum atomic E-state index is -0.983. The third kappa shape index (κ3) is 3.82. The van der Waals surface area contributed by atoms with Gasteiger partial charge in [-0.2, -0.15) is 0 Å². The highest BCUT2D eigenvalue weighted by molar-refractivity contribution is 5.91. The topological polar surface area (TPSA) is 60.9 Å². The van der Waals surface area contributed by atoms with Gasteiger partial charge in [0, 0.05) is 19.1 Å². The molecule has 114 valence electrons. The average molecular weight is 290 g/mol. The second-order valence-corrected chi connectivity index (χ2v) is 5.74. The normalized spacial score (nSPS) is 18.8. The molecule has 1 fully saturated rings. The Labute approximate surface area is 125 Å². The molecule has 1 heterocycles. The molecule has 1 unspecified atom stereocenters. The van der Waals surface area contributed by atoms with Crippen molar-refractivity contribution in [1.82, 2.24) is 9.80 Å². The number of carboxylic acid groups (broad SMARTS) is 1. The van der Waals surface area contributed by atoms with E-state index in [1.54, 1.807) is 24.3 Å². The molecule has 0 saturated carbocycles. The standard InChI is InChI=1S/C16H22N2O3/c1-17(2)13-7-5-9-18(11-13)15(19)10-12-6-3-4-8-14(12)16(20)21/h3-4,6,8,13H,5,7,9-11H2,1-2H3,(H,20,21). The summed E-state index contributed by atoms with van der Waals surface area (Å²) in [5.41, 5.74) is 0.800. The summed E-state index contributed by atoms with van der Waals surface area (Å²) >= 11 is 0. The Balaban J connectivity index is 2.06. The number of carbonyl (C=O) groups excluding carboxylic acids is 1.